The van der Waals surface area contributed by atoms with Gasteiger partial charge in [-0.05, 0) is 53.7 Å². The predicted molar refractivity (Wildman–Crippen MR) is 76.7 cm³/mol. The molecular weight excluding hydrogens is 292 g/mol. The van der Waals surface area contributed by atoms with Crippen LogP contribution in [0.3, 0.4) is 0 Å². The van der Waals surface area contributed by atoms with E-state index in [0.29, 0.717) is 12.0 Å². The molecule has 0 radical (unpaired) electrons. The third-order valence-corrected chi connectivity index (χ3v) is 3.52. The van der Waals surface area contributed by atoms with Crippen LogP contribution >= 0.6 is 15.9 Å². The molecule has 0 saturated heterocycles. The molecule has 0 amide bonds. The molecule has 18 heavy (non-hydrogen) atoms. The molecule has 1 N–H and O–H groups in total. The quantitative estimate of drug-likeness (QED) is 0.872. The maximum absolute atomic E-state index is 5.92. The van der Waals surface area contributed by atoms with Crippen LogP contribution in [-0.4, -0.2) is 17.6 Å². The van der Waals surface area contributed by atoms with Gasteiger partial charge in [-0.15, -0.1) is 0 Å². The van der Waals surface area contributed by atoms with Crippen LogP contribution in [0.1, 0.15) is 38.7 Å². The van der Waals surface area contributed by atoms with Crippen LogP contribution < -0.4 is 10.1 Å². The van der Waals surface area contributed by atoms with Gasteiger partial charge in [-0.1, -0.05) is 13.8 Å². The van der Waals surface area contributed by atoms with Crippen molar-refractivity contribution in [1.82, 2.24) is 10.3 Å². The zero-order valence-corrected chi connectivity index (χ0v) is 12.7. The van der Waals surface area contributed by atoms with E-state index >= 15 is 0 Å². The summed E-state index contributed by atoms with van der Waals surface area (Å²) >= 11 is 3.47. The van der Waals surface area contributed by atoms with Gasteiger partial charge in [0.15, 0.2) is 0 Å². The van der Waals surface area contributed by atoms with Gasteiger partial charge in [0.05, 0.1) is 0 Å². The summed E-state index contributed by atoms with van der Waals surface area (Å²) in [6.07, 6.45) is 5.79. The van der Waals surface area contributed by atoms with Crippen molar-refractivity contribution in [3.63, 3.8) is 0 Å². The van der Waals surface area contributed by atoms with Crippen molar-refractivity contribution < 1.29 is 4.74 Å². The Morgan fingerprint density at radius 3 is 2.89 bits per heavy atom. The molecule has 0 atom stereocenters. The van der Waals surface area contributed by atoms with Crippen LogP contribution in [0.15, 0.2) is 16.7 Å². The zero-order valence-electron chi connectivity index (χ0n) is 11.1. The van der Waals surface area contributed by atoms with Crippen molar-refractivity contribution in [3.05, 3.63) is 22.3 Å². The van der Waals surface area contributed by atoms with Gasteiger partial charge >= 0.3 is 0 Å². The van der Waals surface area contributed by atoms with Crippen molar-refractivity contribution >= 4 is 15.9 Å². The second kappa shape index (κ2) is 6.53. The highest BCUT2D eigenvalue weighted by atomic mass is 79.9. The Hall–Kier alpha value is -0.610. The fourth-order valence-electron chi connectivity index (χ4n) is 1.84. The topological polar surface area (TPSA) is 34.2 Å². The number of ether oxygens (including phenoxy) is 1. The van der Waals surface area contributed by atoms with Gasteiger partial charge in [-0.3, -0.25) is 0 Å². The highest BCUT2D eigenvalue weighted by Crippen LogP contribution is 2.27. The van der Waals surface area contributed by atoms with E-state index in [1.54, 1.807) is 6.20 Å². The van der Waals surface area contributed by atoms with Crippen LogP contribution in [0.25, 0.3) is 0 Å². The van der Waals surface area contributed by atoms with Crippen molar-refractivity contribution in [2.75, 3.05) is 6.54 Å². The average molecular weight is 313 g/mol. The summed E-state index contributed by atoms with van der Waals surface area (Å²) in [5.74, 6) is 1.44. The lowest BCUT2D eigenvalue weighted by molar-refractivity contribution is 0.113. The minimum absolute atomic E-state index is 0.377. The summed E-state index contributed by atoms with van der Waals surface area (Å²) in [7, 11) is 0. The largest absolute Gasteiger partial charge is 0.474 e. The molecule has 0 aliphatic heterocycles. The Kier molecular flexibility index (Phi) is 5.01. The number of nitrogens with one attached hydrogen (secondary N) is 1. The lowest BCUT2D eigenvalue weighted by atomic mass is 9.96. The van der Waals surface area contributed by atoms with E-state index < -0.39 is 0 Å². The van der Waals surface area contributed by atoms with E-state index in [9.17, 15) is 0 Å². The number of hydrogen-bond donors (Lipinski definition) is 1. The van der Waals surface area contributed by atoms with Crippen LogP contribution in [0, 0.1) is 5.92 Å². The normalized spacial score (nSPS) is 15.8. The van der Waals surface area contributed by atoms with Crippen LogP contribution in [-0.2, 0) is 6.54 Å². The molecule has 3 nitrogen and oxygen atoms in total. The van der Waals surface area contributed by atoms with Crippen LogP contribution in [0.5, 0.6) is 5.88 Å². The molecule has 2 rings (SSSR count). The average Bonchev–Trinajstić information content (AvgIpc) is 2.25. The smallest absolute Gasteiger partial charge is 0.218 e. The molecule has 0 bridgehead atoms. The zero-order chi connectivity index (χ0) is 13.0. The fourth-order valence-corrected chi connectivity index (χ4v) is 2.22. The van der Waals surface area contributed by atoms with Crippen molar-refractivity contribution in [3.8, 4) is 5.88 Å². The van der Waals surface area contributed by atoms with Gasteiger partial charge in [-0.2, -0.15) is 0 Å². The lowest BCUT2D eigenvalue weighted by Crippen LogP contribution is -2.26. The number of aromatic nitrogens is 1. The predicted octanol–water partition coefficient (Wildman–Crippen LogP) is 3.52. The van der Waals surface area contributed by atoms with E-state index in [4.69, 9.17) is 4.74 Å². The third kappa shape index (κ3) is 3.95. The molecule has 1 fully saturated rings. The molecule has 1 saturated carbocycles. The molecule has 100 valence electrons. The van der Waals surface area contributed by atoms with Crippen molar-refractivity contribution in [2.45, 2.75) is 45.8 Å². The first-order valence-corrected chi connectivity index (χ1v) is 7.46. The van der Waals surface area contributed by atoms with E-state index in [1.165, 1.54) is 6.42 Å². The first-order chi connectivity index (χ1) is 8.65. The molecule has 1 heterocycles. The van der Waals surface area contributed by atoms with Gasteiger partial charge in [-0.25, -0.2) is 4.98 Å². The molecular formula is C14H21BrN2O. The molecule has 4 heteroatoms. The molecule has 0 aromatic carbocycles. The number of nitrogens with zero attached hydrogens (tertiary/aromatic N) is 1. The van der Waals surface area contributed by atoms with Gasteiger partial charge in [0, 0.05) is 22.8 Å². The van der Waals surface area contributed by atoms with E-state index in [1.807, 2.05) is 0 Å². The fraction of sp³-hybridized carbons (Fsp3) is 0.643. The summed E-state index contributed by atoms with van der Waals surface area (Å²) < 4.78 is 6.93. The number of halogens is 1. The minimum Gasteiger partial charge on any atom is -0.474 e. The Morgan fingerprint density at radius 1 is 1.50 bits per heavy atom. The first kappa shape index (κ1) is 13.8. The Labute approximate surface area is 117 Å². The molecule has 1 aliphatic rings. The summed E-state index contributed by atoms with van der Waals surface area (Å²) in [4.78, 5) is 4.39. The molecule has 0 spiro atoms. The van der Waals surface area contributed by atoms with E-state index in [-0.39, 0.29) is 0 Å². The summed E-state index contributed by atoms with van der Waals surface area (Å²) in [6, 6.07) is 2.09. The minimum atomic E-state index is 0.377. The third-order valence-electron chi connectivity index (χ3n) is 3.09. The standard InChI is InChI=1S/C14H21BrN2O/c1-10(2)7-16-8-11-6-12(15)9-17-14(11)18-13-4-3-5-13/h6,9-10,13,16H,3-5,7-8H2,1-2H3. The van der Waals surface area contributed by atoms with Gasteiger partial charge < -0.3 is 10.1 Å². The van der Waals surface area contributed by atoms with Crippen molar-refractivity contribution in [1.29, 1.82) is 0 Å². The summed E-state index contributed by atoms with van der Waals surface area (Å²) in [5.41, 5.74) is 1.14. The number of rotatable bonds is 6. The SMILES string of the molecule is CC(C)CNCc1cc(Br)cnc1OC1CCC1. The highest BCUT2D eigenvalue weighted by Gasteiger charge is 2.21. The van der Waals surface area contributed by atoms with Crippen LogP contribution in [0.4, 0.5) is 0 Å². The van der Waals surface area contributed by atoms with E-state index in [0.717, 1.165) is 41.8 Å². The van der Waals surface area contributed by atoms with Gasteiger partial charge in [0.25, 0.3) is 0 Å². The van der Waals surface area contributed by atoms with Gasteiger partial charge in [0.1, 0.15) is 6.10 Å². The maximum atomic E-state index is 5.92. The van der Waals surface area contributed by atoms with E-state index in [2.05, 4.69) is 46.1 Å². The lowest BCUT2D eigenvalue weighted by Gasteiger charge is -2.26. The second-order valence-electron chi connectivity index (χ2n) is 5.31. The monoisotopic (exact) mass is 312 g/mol. The second-order valence-corrected chi connectivity index (χ2v) is 6.23. The molecule has 1 aromatic rings. The highest BCUT2D eigenvalue weighted by molar-refractivity contribution is 9.10. The first-order valence-electron chi connectivity index (χ1n) is 6.67. The Morgan fingerprint density at radius 2 is 2.28 bits per heavy atom. The number of pyridine rings is 1. The Balaban J connectivity index is 1.98. The van der Waals surface area contributed by atoms with Gasteiger partial charge in [0.2, 0.25) is 5.88 Å². The van der Waals surface area contributed by atoms with Crippen molar-refractivity contribution in [2.24, 2.45) is 5.92 Å². The molecule has 1 aliphatic carbocycles. The summed E-state index contributed by atoms with van der Waals surface area (Å²) in [6.45, 7) is 6.23. The molecule has 0 unspecified atom stereocenters. The maximum Gasteiger partial charge on any atom is 0.218 e. The number of hydrogen-bond acceptors (Lipinski definition) is 3. The molecule has 1 aromatic heterocycles. The summed E-state index contributed by atoms with van der Waals surface area (Å²) in [5, 5.41) is 3.44. The van der Waals surface area contributed by atoms with Crippen LogP contribution in [0.2, 0.25) is 0 Å². The Bertz CT molecular complexity index is 391.